The number of unbranched alkanes of at least 4 members (excludes halogenated alkanes) is 2. The molecular formula is C18H34O3. The van der Waals surface area contributed by atoms with Crippen LogP contribution in [0.4, 0.5) is 0 Å². The van der Waals surface area contributed by atoms with Crippen molar-refractivity contribution in [2.75, 3.05) is 0 Å². The Balaban J connectivity index is 2.43. The average Bonchev–Trinajstić information content (AvgIpc) is 2.71. The fourth-order valence-corrected chi connectivity index (χ4v) is 3.46. The molecule has 0 radical (unpaired) electrons. The highest BCUT2D eigenvalue weighted by Crippen LogP contribution is 2.38. The van der Waals surface area contributed by atoms with E-state index in [1.54, 1.807) is 0 Å². The van der Waals surface area contributed by atoms with Crippen LogP contribution in [0.15, 0.2) is 12.2 Å². The van der Waals surface area contributed by atoms with E-state index in [1.165, 1.54) is 12.8 Å². The molecule has 0 spiro atoms. The zero-order valence-corrected chi connectivity index (χ0v) is 13.7. The van der Waals surface area contributed by atoms with Gasteiger partial charge in [0.1, 0.15) is 0 Å². The van der Waals surface area contributed by atoms with Gasteiger partial charge in [0.2, 0.25) is 0 Å². The van der Waals surface area contributed by atoms with Crippen molar-refractivity contribution in [1.82, 2.24) is 0 Å². The summed E-state index contributed by atoms with van der Waals surface area (Å²) in [5.74, 6) is 0.272. The number of allylic oxidation sites excluding steroid dienone is 2. The molecule has 3 N–H and O–H groups in total. The first-order valence-corrected chi connectivity index (χ1v) is 8.79. The van der Waals surface area contributed by atoms with Crippen molar-refractivity contribution in [2.45, 2.75) is 89.9 Å². The van der Waals surface area contributed by atoms with Gasteiger partial charge in [-0.05, 0) is 50.4 Å². The van der Waals surface area contributed by atoms with Crippen LogP contribution in [0.2, 0.25) is 0 Å². The number of hydrogen-bond donors (Lipinski definition) is 3. The summed E-state index contributed by atoms with van der Waals surface area (Å²) in [5.41, 5.74) is 0. The smallest absolute Gasteiger partial charge is 0.0599 e. The summed E-state index contributed by atoms with van der Waals surface area (Å²) in [6, 6.07) is 0. The predicted octanol–water partition coefficient (Wildman–Crippen LogP) is 3.42. The van der Waals surface area contributed by atoms with Crippen LogP contribution in [-0.4, -0.2) is 33.6 Å². The maximum Gasteiger partial charge on any atom is 0.0599 e. The fourth-order valence-electron chi connectivity index (χ4n) is 3.46. The van der Waals surface area contributed by atoms with Gasteiger partial charge in [-0.15, -0.1) is 0 Å². The topological polar surface area (TPSA) is 60.7 Å². The fraction of sp³-hybridized carbons (Fsp3) is 0.889. The zero-order valence-electron chi connectivity index (χ0n) is 13.7. The van der Waals surface area contributed by atoms with Crippen LogP contribution >= 0.6 is 0 Å². The van der Waals surface area contributed by atoms with Gasteiger partial charge in [-0.1, -0.05) is 45.3 Å². The molecule has 0 heterocycles. The highest BCUT2D eigenvalue weighted by Gasteiger charge is 2.40. The van der Waals surface area contributed by atoms with Gasteiger partial charge in [0.25, 0.3) is 0 Å². The molecule has 0 saturated heterocycles. The maximum atomic E-state index is 10.1. The van der Waals surface area contributed by atoms with Crippen LogP contribution in [0, 0.1) is 11.8 Å². The van der Waals surface area contributed by atoms with E-state index in [0.29, 0.717) is 6.42 Å². The maximum absolute atomic E-state index is 10.1. The molecule has 0 aliphatic heterocycles. The van der Waals surface area contributed by atoms with Gasteiger partial charge in [0.05, 0.1) is 18.3 Å². The first kappa shape index (κ1) is 18.7. The average molecular weight is 298 g/mol. The molecule has 1 aliphatic rings. The number of hydrogen-bond acceptors (Lipinski definition) is 3. The van der Waals surface area contributed by atoms with Gasteiger partial charge in [-0.3, -0.25) is 0 Å². The summed E-state index contributed by atoms with van der Waals surface area (Å²) < 4.78 is 0. The van der Waals surface area contributed by atoms with Crippen molar-refractivity contribution in [3.63, 3.8) is 0 Å². The molecule has 3 nitrogen and oxygen atoms in total. The molecule has 1 saturated carbocycles. The predicted molar refractivity (Wildman–Crippen MR) is 87.0 cm³/mol. The van der Waals surface area contributed by atoms with E-state index >= 15 is 0 Å². The normalized spacial score (nSPS) is 31.1. The van der Waals surface area contributed by atoms with Crippen LogP contribution in [0.3, 0.4) is 0 Å². The Kier molecular flexibility index (Phi) is 9.21. The van der Waals surface area contributed by atoms with E-state index in [9.17, 15) is 15.3 Å². The molecule has 5 atom stereocenters. The second-order valence-corrected chi connectivity index (χ2v) is 6.57. The summed E-state index contributed by atoms with van der Waals surface area (Å²) in [7, 11) is 0. The molecule has 1 fully saturated rings. The minimum Gasteiger partial charge on any atom is -0.393 e. The zero-order chi connectivity index (χ0) is 15.7. The number of aliphatic hydroxyl groups is 3. The Labute approximate surface area is 130 Å². The minimum absolute atomic E-state index is 0.127. The lowest BCUT2D eigenvalue weighted by molar-refractivity contribution is 0.0854. The van der Waals surface area contributed by atoms with Gasteiger partial charge < -0.3 is 15.3 Å². The van der Waals surface area contributed by atoms with Gasteiger partial charge in [0.15, 0.2) is 0 Å². The Hall–Kier alpha value is -0.380. The Morgan fingerprint density at radius 2 is 1.71 bits per heavy atom. The molecule has 0 aromatic carbocycles. The Morgan fingerprint density at radius 3 is 2.38 bits per heavy atom. The van der Waals surface area contributed by atoms with Gasteiger partial charge >= 0.3 is 0 Å². The lowest BCUT2D eigenvalue weighted by Gasteiger charge is -2.23. The standard InChI is InChI=1S/C18H34O3/c1-3-5-6-7-8-10-15-16(18(21)13-17(15)20)12-11-14(19)9-4-2/h7-8,14-21H,3-6,9-13H2,1-2H3/b8-7-/t14-,15+,16+,17-,18+/m0/s1. The Morgan fingerprint density at radius 1 is 1.00 bits per heavy atom. The first-order chi connectivity index (χ1) is 10.1. The summed E-state index contributed by atoms with van der Waals surface area (Å²) >= 11 is 0. The van der Waals surface area contributed by atoms with E-state index in [0.717, 1.165) is 38.5 Å². The van der Waals surface area contributed by atoms with Crippen LogP contribution in [0.1, 0.15) is 71.6 Å². The van der Waals surface area contributed by atoms with E-state index in [1.807, 2.05) is 0 Å². The summed E-state index contributed by atoms with van der Waals surface area (Å²) in [6.45, 7) is 4.25. The van der Waals surface area contributed by atoms with Crippen molar-refractivity contribution >= 4 is 0 Å². The third kappa shape index (κ3) is 6.50. The quantitative estimate of drug-likeness (QED) is 0.428. The van der Waals surface area contributed by atoms with Crippen molar-refractivity contribution in [2.24, 2.45) is 11.8 Å². The third-order valence-electron chi connectivity index (χ3n) is 4.78. The summed E-state index contributed by atoms with van der Waals surface area (Å²) in [4.78, 5) is 0. The molecule has 0 aromatic heterocycles. The molecule has 21 heavy (non-hydrogen) atoms. The summed E-state index contributed by atoms with van der Waals surface area (Å²) in [5, 5.41) is 30.2. The van der Waals surface area contributed by atoms with Gasteiger partial charge in [-0.2, -0.15) is 0 Å². The van der Waals surface area contributed by atoms with Crippen LogP contribution in [-0.2, 0) is 0 Å². The summed E-state index contributed by atoms with van der Waals surface area (Å²) in [6.07, 6.45) is 11.5. The number of aliphatic hydroxyl groups excluding tert-OH is 3. The van der Waals surface area contributed by atoms with E-state index in [2.05, 4.69) is 26.0 Å². The van der Waals surface area contributed by atoms with Gasteiger partial charge in [0, 0.05) is 0 Å². The number of rotatable bonds is 10. The Bertz CT molecular complexity index is 290. The monoisotopic (exact) mass is 298 g/mol. The first-order valence-electron chi connectivity index (χ1n) is 8.79. The van der Waals surface area contributed by atoms with E-state index < -0.39 is 12.2 Å². The van der Waals surface area contributed by atoms with E-state index in [4.69, 9.17) is 0 Å². The molecule has 3 heteroatoms. The molecule has 0 aromatic rings. The molecule has 1 aliphatic carbocycles. The van der Waals surface area contributed by atoms with Crippen molar-refractivity contribution in [3.8, 4) is 0 Å². The minimum atomic E-state index is -0.414. The molecular weight excluding hydrogens is 264 g/mol. The second-order valence-electron chi connectivity index (χ2n) is 6.57. The van der Waals surface area contributed by atoms with Crippen molar-refractivity contribution < 1.29 is 15.3 Å². The SMILES string of the molecule is CCCC/C=C\C[C@@H]1[C@@H](CC[C@@H](O)CCC)[C@H](O)C[C@@H]1O. The highest BCUT2D eigenvalue weighted by molar-refractivity contribution is 4.96. The van der Waals surface area contributed by atoms with E-state index in [-0.39, 0.29) is 17.9 Å². The molecule has 0 amide bonds. The third-order valence-corrected chi connectivity index (χ3v) is 4.78. The molecule has 0 unspecified atom stereocenters. The highest BCUT2D eigenvalue weighted by atomic mass is 16.3. The molecule has 124 valence electrons. The van der Waals surface area contributed by atoms with Crippen LogP contribution in [0.25, 0.3) is 0 Å². The largest absolute Gasteiger partial charge is 0.393 e. The second kappa shape index (κ2) is 10.4. The lowest BCUT2D eigenvalue weighted by atomic mass is 9.86. The van der Waals surface area contributed by atoms with Crippen LogP contribution < -0.4 is 0 Å². The van der Waals surface area contributed by atoms with Crippen molar-refractivity contribution in [1.29, 1.82) is 0 Å². The van der Waals surface area contributed by atoms with Gasteiger partial charge in [-0.25, -0.2) is 0 Å². The molecule has 0 bridgehead atoms. The van der Waals surface area contributed by atoms with Crippen LogP contribution in [0.5, 0.6) is 0 Å². The molecule has 1 rings (SSSR count). The lowest BCUT2D eigenvalue weighted by Crippen LogP contribution is -2.23. The van der Waals surface area contributed by atoms with Crippen molar-refractivity contribution in [3.05, 3.63) is 12.2 Å².